The third-order valence-electron chi connectivity index (χ3n) is 2.67. The standard InChI is InChI=1S/C13H8Cl5N/c14-8-2-1-6(3-7(8)5-19)11-9(15)4-10(16)12(17)13(11)18/h1-4H,5,19H2. The minimum atomic E-state index is 0.270. The second-order valence-corrected chi connectivity index (χ2v) is 5.83. The van der Waals surface area contributed by atoms with Crippen LogP contribution < -0.4 is 5.73 Å². The molecule has 2 rings (SSSR count). The van der Waals surface area contributed by atoms with Crippen molar-refractivity contribution in [1.82, 2.24) is 0 Å². The Balaban J connectivity index is 2.69. The molecule has 0 heterocycles. The van der Waals surface area contributed by atoms with Gasteiger partial charge in [0.15, 0.2) is 0 Å². The Bertz CT molecular complexity index is 639. The second-order valence-electron chi connectivity index (χ2n) is 3.85. The van der Waals surface area contributed by atoms with Crippen LogP contribution in [0.25, 0.3) is 11.1 Å². The molecule has 0 aromatic heterocycles. The molecule has 0 radical (unpaired) electrons. The van der Waals surface area contributed by atoms with Crippen molar-refractivity contribution in [3.05, 3.63) is 54.9 Å². The minimum Gasteiger partial charge on any atom is -0.326 e. The van der Waals surface area contributed by atoms with Crippen molar-refractivity contribution in [2.45, 2.75) is 6.54 Å². The fourth-order valence-corrected chi connectivity index (χ4v) is 3.04. The van der Waals surface area contributed by atoms with Crippen molar-refractivity contribution in [3.63, 3.8) is 0 Å². The van der Waals surface area contributed by atoms with Gasteiger partial charge in [0.2, 0.25) is 0 Å². The van der Waals surface area contributed by atoms with Crippen LogP contribution in [0.3, 0.4) is 0 Å². The van der Waals surface area contributed by atoms with Gasteiger partial charge in [-0.3, -0.25) is 0 Å². The van der Waals surface area contributed by atoms with E-state index in [2.05, 4.69) is 0 Å². The maximum Gasteiger partial charge on any atom is 0.0785 e. The molecule has 100 valence electrons. The Labute approximate surface area is 136 Å². The number of benzene rings is 2. The normalized spacial score (nSPS) is 10.8. The van der Waals surface area contributed by atoms with E-state index in [4.69, 9.17) is 63.7 Å². The topological polar surface area (TPSA) is 26.0 Å². The summed E-state index contributed by atoms with van der Waals surface area (Å²) in [6, 6.07) is 6.94. The van der Waals surface area contributed by atoms with E-state index >= 15 is 0 Å². The highest BCUT2D eigenvalue weighted by atomic mass is 35.5. The van der Waals surface area contributed by atoms with E-state index in [1.807, 2.05) is 6.07 Å². The van der Waals surface area contributed by atoms with Crippen LogP contribution >= 0.6 is 58.0 Å². The van der Waals surface area contributed by atoms with Crippen molar-refractivity contribution in [1.29, 1.82) is 0 Å². The summed E-state index contributed by atoms with van der Waals surface area (Å²) in [7, 11) is 0. The molecule has 2 N–H and O–H groups in total. The highest BCUT2D eigenvalue weighted by Gasteiger charge is 2.16. The highest BCUT2D eigenvalue weighted by molar-refractivity contribution is 6.51. The van der Waals surface area contributed by atoms with E-state index in [9.17, 15) is 0 Å². The van der Waals surface area contributed by atoms with E-state index in [1.54, 1.807) is 18.2 Å². The summed E-state index contributed by atoms with van der Waals surface area (Å²) in [4.78, 5) is 0. The summed E-state index contributed by atoms with van der Waals surface area (Å²) in [5.41, 5.74) is 7.84. The number of nitrogens with two attached hydrogens (primary N) is 1. The van der Waals surface area contributed by atoms with Crippen molar-refractivity contribution < 1.29 is 0 Å². The Hall–Kier alpha value is -0.150. The van der Waals surface area contributed by atoms with Gasteiger partial charge < -0.3 is 5.73 Å². The molecule has 2 aromatic carbocycles. The van der Waals surface area contributed by atoms with E-state index in [-0.39, 0.29) is 5.02 Å². The van der Waals surface area contributed by atoms with Crippen LogP contribution in [0, 0.1) is 0 Å². The zero-order chi connectivity index (χ0) is 14.2. The van der Waals surface area contributed by atoms with E-state index in [1.165, 1.54) is 0 Å². The van der Waals surface area contributed by atoms with Crippen molar-refractivity contribution in [2.24, 2.45) is 5.73 Å². The average molecular weight is 355 g/mol. The van der Waals surface area contributed by atoms with Crippen molar-refractivity contribution in [3.8, 4) is 11.1 Å². The lowest BCUT2D eigenvalue weighted by Crippen LogP contribution is -1.97. The van der Waals surface area contributed by atoms with Crippen LogP contribution in [-0.4, -0.2) is 0 Å². The predicted molar refractivity (Wildman–Crippen MR) is 84.8 cm³/mol. The highest BCUT2D eigenvalue weighted by Crippen LogP contribution is 2.43. The minimum absolute atomic E-state index is 0.270. The third kappa shape index (κ3) is 2.97. The first-order chi connectivity index (χ1) is 8.95. The van der Waals surface area contributed by atoms with Crippen LogP contribution in [0.15, 0.2) is 24.3 Å². The Morgan fingerprint density at radius 3 is 2.11 bits per heavy atom. The van der Waals surface area contributed by atoms with Gasteiger partial charge in [0.1, 0.15) is 0 Å². The van der Waals surface area contributed by atoms with Crippen molar-refractivity contribution >= 4 is 58.0 Å². The van der Waals surface area contributed by atoms with Gasteiger partial charge >= 0.3 is 0 Å². The van der Waals surface area contributed by atoms with Crippen LogP contribution in [0.5, 0.6) is 0 Å². The molecule has 1 nitrogen and oxygen atoms in total. The molecular weight excluding hydrogens is 347 g/mol. The Kier molecular flexibility index (Phi) is 4.88. The van der Waals surface area contributed by atoms with Crippen molar-refractivity contribution in [2.75, 3.05) is 0 Å². The lowest BCUT2D eigenvalue weighted by molar-refractivity contribution is 1.07. The first-order valence-electron chi connectivity index (χ1n) is 5.27. The molecule has 0 unspecified atom stereocenters. The molecule has 19 heavy (non-hydrogen) atoms. The molecule has 2 aromatic rings. The van der Waals surface area contributed by atoms with E-state index in [0.29, 0.717) is 32.2 Å². The zero-order valence-corrected chi connectivity index (χ0v) is 13.3. The van der Waals surface area contributed by atoms with E-state index in [0.717, 1.165) is 11.1 Å². The largest absolute Gasteiger partial charge is 0.326 e. The maximum absolute atomic E-state index is 6.21. The average Bonchev–Trinajstić information content (AvgIpc) is 2.38. The molecule has 0 atom stereocenters. The molecule has 0 aliphatic rings. The molecule has 6 heteroatoms. The molecule has 0 bridgehead atoms. The van der Waals surface area contributed by atoms with Gasteiger partial charge in [-0.05, 0) is 29.3 Å². The number of hydrogen-bond acceptors (Lipinski definition) is 1. The third-order valence-corrected chi connectivity index (χ3v) is 4.60. The molecule has 0 spiro atoms. The number of halogens is 5. The molecule has 0 aliphatic carbocycles. The Morgan fingerprint density at radius 1 is 0.789 bits per heavy atom. The van der Waals surface area contributed by atoms with Crippen LogP contribution in [0.2, 0.25) is 25.1 Å². The summed E-state index contributed by atoms with van der Waals surface area (Å²) in [6.45, 7) is 0.323. The smallest absolute Gasteiger partial charge is 0.0785 e. The number of rotatable bonds is 2. The lowest BCUT2D eigenvalue weighted by atomic mass is 10.0. The summed E-state index contributed by atoms with van der Waals surface area (Å²) in [5.74, 6) is 0. The molecular formula is C13H8Cl5N. The summed E-state index contributed by atoms with van der Waals surface area (Å²) in [6.07, 6.45) is 0. The maximum atomic E-state index is 6.21. The van der Waals surface area contributed by atoms with E-state index < -0.39 is 0 Å². The van der Waals surface area contributed by atoms with Crippen LogP contribution in [0.4, 0.5) is 0 Å². The molecule has 0 fully saturated rings. The molecule has 0 amide bonds. The fraction of sp³-hybridized carbons (Fsp3) is 0.0769. The van der Waals surface area contributed by atoms with Gasteiger partial charge in [0.05, 0.1) is 20.1 Å². The molecule has 0 saturated carbocycles. The van der Waals surface area contributed by atoms with Gasteiger partial charge in [-0.25, -0.2) is 0 Å². The zero-order valence-electron chi connectivity index (χ0n) is 9.48. The summed E-state index contributed by atoms with van der Waals surface area (Å²) in [5, 5.41) is 1.91. The van der Waals surface area contributed by atoms with Crippen LogP contribution in [0.1, 0.15) is 5.56 Å². The first kappa shape index (κ1) is 15.2. The van der Waals surface area contributed by atoms with Gasteiger partial charge in [0, 0.05) is 17.1 Å². The van der Waals surface area contributed by atoms with Crippen LogP contribution in [-0.2, 0) is 6.54 Å². The fourth-order valence-electron chi connectivity index (χ4n) is 1.72. The first-order valence-corrected chi connectivity index (χ1v) is 7.16. The lowest BCUT2D eigenvalue weighted by Gasteiger charge is -2.12. The van der Waals surface area contributed by atoms with Gasteiger partial charge in [-0.15, -0.1) is 0 Å². The number of hydrogen-bond donors (Lipinski definition) is 1. The summed E-state index contributed by atoms with van der Waals surface area (Å²) < 4.78 is 0. The van der Waals surface area contributed by atoms with Gasteiger partial charge in [-0.2, -0.15) is 0 Å². The Morgan fingerprint density at radius 2 is 1.47 bits per heavy atom. The van der Waals surface area contributed by atoms with Gasteiger partial charge in [0.25, 0.3) is 0 Å². The molecule has 0 aliphatic heterocycles. The molecule has 0 saturated heterocycles. The quantitative estimate of drug-likeness (QED) is 0.513. The SMILES string of the molecule is NCc1cc(-c2c(Cl)cc(Cl)c(Cl)c2Cl)ccc1Cl. The second kappa shape index (κ2) is 6.09. The predicted octanol–water partition coefficient (Wildman–Crippen LogP) is 6.08. The summed E-state index contributed by atoms with van der Waals surface area (Å²) >= 11 is 30.4. The monoisotopic (exact) mass is 353 g/mol. The van der Waals surface area contributed by atoms with Gasteiger partial charge in [-0.1, -0.05) is 64.1 Å².